The summed E-state index contributed by atoms with van der Waals surface area (Å²) < 4.78 is 47.0. The standard InChI is InChI=1S/C21H13FN2O7S/c22-9-5-6-13(12(7-9)21(27)28)24-14-8-15(32(29,30)31)18(23)17-16(14)19(25)10-3-1-2-4-11(10)20(17)26/h1-8,24H,23H2,(H,27,28)(H,29,30,31). The van der Waals surface area contributed by atoms with E-state index in [0.29, 0.717) is 0 Å². The molecule has 0 radical (unpaired) electrons. The highest BCUT2D eigenvalue weighted by Crippen LogP contribution is 2.40. The van der Waals surface area contributed by atoms with Crippen LogP contribution in [-0.2, 0) is 10.1 Å². The monoisotopic (exact) mass is 456 g/mol. The van der Waals surface area contributed by atoms with Crippen LogP contribution in [0.1, 0.15) is 42.2 Å². The highest BCUT2D eigenvalue weighted by Gasteiger charge is 2.36. The Morgan fingerprint density at radius 3 is 2.09 bits per heavy atom. The summed E-state index contributed by atoms with van der Waals surface area (Å²) in [4.78, 5) is 37.0. The molecule has 0 fully saturated rings. The SMILES string of the molecule is Nc1c(S(=O)(=O)O)cc(Nc2ccc(F)cc2C(=O)O)c2c1C(=O)c1ccccc1C2=O. The summed E-state index contributed by atoms with van der Waals surface area (Å²) in [6.45, 7) is 0. The van der Waals surface area contributed by atoms with Gasteiger partial charge in [-0.05, 0) is 24.3 Å². The average Bonchev–Trinajstić information content (AvgIpc) is 2.73. The number of halogens is 1. The van der Waals surface area contributed by atoms with Gasteiger partial charge in [-0.3, -0.25) is 14.1 Å². The molecule has 0 saturated heterocycles. The van der Waals surface area contributed by atoms with Crippen molar-refractivity contribution in [2.45, 2.75) is 4.90 Å². The van der Waals surface area contributed by atoms with Crippen LogP contribution in [0.3, 0.4) is 0 Å². The summed E-state index contributed by atoms with van der Waals surface area (Å²) in [7, 11) is -4.94. The minimum absolute atomic E-state index is 0.0110. The summed E-state index contributed by atoms with van der Waals surface area (Å²) in [5.74, 6) is -3.77. The zero-order chi connectivity index (χ0) is 23.4. The van der Waals surface area contributed by atoms with E-state index < -0.39 is 55.2 Å². The number of anilines is 3. The van der Waals surface area contributed by atoms with Crippen LogP contribution in [0, 0.1) is 5.82 Å². The maximum atomic E-state index is 13.6. The predicted octanol–water partition coefficient (Wildman–Crippen LogP) is 2.87. The fraction of sp³-hybridized carbons (Fsp3) is 0. The minimum atomic E-state index is -4.94. The lowest BCUT2D eigenvalue weighted by Gasteiger charge is -2.24. The van der Waals surface area contributed by atoms with Crippen LogP contribution in [0.4, 0.5) is 21.5 Å². The largest absolute Gasteiger partial charge is 0.478 e. The molecule has 3 aromatic rings. The Balaban J connectivity index is 2.04. The van der Waals surface area contributed by atoms with E-state index in [1.165, 1.54) is 24.3 Å². The number of ketones is 2. The number of rotatable bonds is 4. The van der Waals surface area contributed by atoms with Crippen LogP contribution in [0.15, 0.2) is 53.4 Å². The predicted molar refractivity (Wildman–Crippen MR) is 111 cm³/mol. The van der Waals surface area contributed by atoms with Crippen molar-refractivity contribution in [2.75, 3.05) is 11.1 Å². The summed E-state index contributed by atoms with van der Waals surface area (Å²) in [6, 6.07) is 9.36. The Bertz CT molecular complexity index is 1470. The van der Waals surface area contributed by atoms with Crippen molar-refractivity contribution < 1.29 is 36.9 Å². The van der Waals surface area contributed by atoms with Crippen molar-refractivity contribution >= 4 is 44.7 Å². The molecule has 0 heterocycles. The van der Waals surface area contributed by atoms with E-state index in [1.54, 1.807) is 0 Å². The molecule has 0 unspecified atom stereocenters. The van der Waals surface area contributed by atoms with Crippen LogP contribution >= 0.6 is 0 Å². The van der Waals surface area contributed by atoms with Crippen molar-refractivity contribution in [3.63, 3.8) is 0 Å². The number of benzene rings is 3. The van der Waals surface area contributed by atoms with Crippen LogP contribution in [0.5, 0.6) is 0 Å². The fourth-order valence-corrected chi connectivity index (χ4v) is 4.20. The molecule has 1 aliphatic carbocycles. The molecule has 0 spiro atoms. The third-order valence-corrected chi connectivity index (χ3v) is 5.85. The molecule has 3 aromatic carbocycles. The first-order valence-electron chi connectivity index (χ1n) is 8.93. The summed E-state index contributed by atoms with van der Waals surface area (Å²) in [5, 5.41) is 12.0. The number of nitrogens with one attached hydrogen (secondary N) is 1. The number of aromatic carboxylic acids is 1. The summed E-state index contributed by atoms with van der Waals surface area (Å²) in [5.41, 5.74) is 3.51. The molecule has 32 heavy (non-hydrogen) atoms. The number of carboxylic acids is 1. The van der Waals surface area contributed by atoms with Gasteiger partial charge in [-0.15, -0.1) is 0 Å². The lowest BCUT2D eigenvalue weighted by atomic mass is 9.82. The van der Waals surface area contributed by atoms with Crippen molar-refractivity contribution in [1.29, 1.82) is 0 Å². The van der Waals surface area contributed by atoms with Gasteiger partial charge in [0, 0.05) is 11.1 Å². The van der Waals surface area contributed by atoms with Crippen LogP contribution in [0.2, 0.25) is 0 Å². The highest BCUT2D eigenvalue weighted by atomic mass is 32.2. The van der Waals surface area contributed by atoms with Crippen molar-refractivity contribution in [1.82, 2.24) is 0 Å². The molecule has 0 bridgehead atoms. The van der Waals surface area contributed by atoms with Crippen LogP contribution in [0.25, 0.3) is 0 Å². The van der Waals surface area contributed by atoms with Gasteiger partial charge in [-0.2, -0.15) is 8.42 Å². The van der Waals surface area contributed by atoms with Crippen molar-refractivity contribution in [3.05, 3.63) is 82.2 Å². The van der Waals surface area contributed by atoms with Gasteiger partial charge in [0.15, 0.2) is 11.6 Å². The number of carbonyl (C=O) groups is 3. The topological polar surface area (TPSA) is 164 Å². The van der Waals surface area contributed by atoms with E-state index in [-0.39, 0.29) is 28.1 Å². The Kier molecular flexibility index (Phi) is 4.79. The lowest BCUT2D eigenvalue weighted by molar-refractivity contribution is 0.0697. The fourth-order valence-electron chi connectivity index (χ4n) is 3.55. The maximum Gasteiger partial charge on any atom is 0.337 e. The van der Waals surface area contributed by atoms with Crippen LogP contribution < -0.4 is 11.1 Å². The molecule has 0 atom stereocenters. The molecule has 0 aliphatic heterocycles. The van der Waals surface area contributed by atoms with E-state index >= 15 is 0 Å². The zero-order valence-corrected chi connectivity index (χ0v) is 16.7. The molecule has 4 rings (SSSR count). The number of nitrogens with two attached hydrogens (primary N) is 1. The van der Waals surface area contributed by atoms with Gasteiger partial charge in [0.05, 0.1) is 33.8 Å². The Morgan fingerprint density at radius 2 is 1.53 bits per heavy atom. The van der Waals surface area contributed by atoms with E-state index in [1.807, 2.05) is 0 Å². The number of hydrogen-bond acceptors (Lipinski definition) is 7. The maximum absolute atomic E-state index is 13.6. The highest BCUT2D eigenvalue weighted by molar-refractivity contribution is 7.86. The average molecular weight is 456 g/mol. The van der Waals surface area contributed by atoms with Gasteiger partial charge >= 0.3 is 5.97 Å². The Labute approximate surface area is 180 Å². The van der Waals surface area contributed by atoms with Crippen molar-refractivity contribution in [2.24, 2.45) is 0 Å². The second-order valence-electron chi connectivity index (χ2n) is 6.88. The minimum Gasteiger partial charge on any atom is -0.478 e. The first-order valence-corrected chi connectivity index (χ1v) is 10.4. The smallest absolute Gasteiger partial charge is 0.337 e. The van der Waals surface area contributed by atoms with E-state index in [9.17, 15) is 36.9 Å². The van der Waals surface area contributed by atoms with Gasteiger partial charge in [0.1, 0.15) is 10.7 Å². The first kappa shape index (κ1) is 21.2. The van der Waals surface area contributed by atoms with Gasteiger partial charge in [-0.25, -0.2) is 9.18 Å². The summed E-state index contributed by atoms with van der Waals surface area (Å²) in [6.07, 6.45) is 0. The number of hydrogen-bond donors (Lipinski definition) is 4. The number of fused-ring (bicyclic) bond motifs is 2. The third-order valence-electron chi connectivity index (χ3n) is 4.96. The molecule has 1 aliphatic rings. The molecule has 5 N–H and O–H groups in total. The number of carbonyl (C=O) groups excluding carboxylic acids is 2. The molecule has 0 aromatic heterocycles. The zero-order valence-electron chi connectivity index (χ0n) is 15.9. The molecule has 0 saturated carbocycles. The molecule has 11 heteroatoms. The van der Waals surface area contributed by atoms with E-state index in [0.717, 1.165) is 24.3 Å². The molecular formula is C21H13FN2O7S. The molecule has 162 valence electrons. The Hall–Kier alpha value is -4.09. The van der Waals surface area contributed by atoms with E-state index in [4.69, 9.17) is 5.73 Å². The lowest BCUT2D eigenvalue weighted by Crippen LogP contribution is -2.25. The third kappa shape index (κ3) is 3.29. The van der Waals surface area contributed by atoms with Gasteiger partial charge < -0.3 is 16.2 Å². The van der Waals surface area contributed by atoms with Gasteiger partial charge in [0.2, 0.25) is 0 Å². The van der Waals surface area contributed by atoms with Crippen molar-refractivity contribution in [3.8, 4) is 0 Å². The van der Waals surface area contributed by atoms with Gasteiger partial charge in [0.25, 0.3) is 10.1 Å². The van der Waals surface area contributed by atoms with E-state index in [2.05, 4.69) is 5.32 Å². The second-order valence-corrected chi connectivity index (χ2v) is 8.27. The van der Waals surface area contributed by atoms with Gasteiger partial charge in [-0.1, -0.05) is 24.3 Å². The Morgan fingerprint density at radius 1 is 0.938 bits per heavy atom. The quantitative estimate of drug-likeness (QED) is 0.267. The molecule has 9 nitrogen and oxygen atoms in total. The molecular weight excluding hydrogens is 443 g/mol. The number of nitrogen functional groups attached to an aromatic ring is 1. The molecule has 0 amide bonds. The normalized spacial score (nSPS) is 12.8. The second kappa shape index (κ2) is 7.25. The van der Waals surface area contributed by atoms with Crippen LogP contribution in [-0.4, -0.2) is 35.6 Å². The summed E-state index contributed by atoms with van der Waals surface area (Å²) >= 11 is 0. The number of carboxylic acid groups (broad SMARTS) is 1. The first-order chi connectivity index (χ1) is 15.0.